The van der Waals surface area contributed by atoms with Gasteiger partial charge >= 0.3 is 5.97 Å². The van der Waals surface area contributed by atoms with Crippen molar-refractivity contribution in [1.29, 1.82) is 0 Å². The summed E-state index contributed by atoms with van der Waals surface area (Å²) < 4.78 is 34.2. The molecule has 146 valence electrons. The van der Waals surface area contributed by atoms with Crippen molar-refractivity contribution in [3.63, 3.8) is 0 Å². The normalized spacial score (nSPS) is 12.5. The molecule has 1 atom stereocenters. The fraction of sp³-hybridized carbons (Fsp3) is 0.200. The minimum Gasteiger partial charge on any atom is -0.459 e. The Labute approximate surface area is 162 Å². The zero-order chi connectivity index (χ0) is 20.3. The molecule has 0 spiro atoms. The summed E-state index contributed by atoms with van der Waals surface area (Å²) in [5.74, 6) is -0.839. The Kier molecular flexibility index (Phi) is 5.51. The SMILES string of the molecule is C[C@H](NC(=O)COC(=O)c1ccccc1S(C)(=O)=O)c1cc2ccccc2o1. The van der Waals surface area contributed by atoms with Crippen LogP contribution in [-0.4, -0.2) is 33.2 Å². The number of amides is 1. The van der Waals surface area contributed by atoms with E-state index in [1.165, 1.54) is 24.3 Å². The first-order valence-corrected chi connectivity index (χ1v) is 10.4. The van der Waals surface area contributed by atoms with Crippen molar-refractivity contribution < 1.29 is 27.2 Å². The van der Waals surface area contributed by atoms with Crippen molar-refractivity contribution in [2.24, 2.45) is 0 Å². The Morgan fingerprint density at radius 2 is 1.79 bits per heavy atom. The zero-order valence-corrected chi connectivity index (χ0v) is 16.2. The highest BCUT2D eigenvalue weighted by molar-refractivity contribution is 7.90. The largest absolute Gasteiger partial charge is 0.459 e. The third-order valence-corrected chi connectivity index (χ3v) is 5.24. The van der Waals surface area contributed by atoms with Crippen LogP contribution in [0.4, 0.5) is 0 Å². The summed E-state index contributed by atoms with van der Waals surface area (Å²) in [5, 5.41) is 3.60. The molecular weight excluding hydrogens is 382 g/mol. The molecule has 0 radical (unpaired) electrons. The number of benzene rings is 2. The molecule has 0 bridgehead atoms. The molecule has 3 rings (SSSR count). The molecule has 1 amide bonds. The van der Waals surface area contributed by atoms with Crippen LogP contribution in [0.15, 0.2) is 63.9 Å². The third-order valence-electron chi connectivity index (χ3n) is 4.09. The minimum absolute atomic E-state index is 0.108. The number of sulfone groups is 1. The van der Waals surface area contributed by atoms with Gasteiger partial charge in [0.25, 0.3) is 5.91 Å². The van der Waals surface area contributed by atoms with E-state index in [0.29, 0.717) is 11.3 Å². The smallest absolute Gasteiger partial charge is 0.339 e. The van der Waals surface area contributed by atoms with E-state index in [4.69, 9.17) is 9.15 Å². The molecule has 3 aromatic rings. The number of rotatable bonds is 6. The summed E-state index contributed by atoms with van der Waals surface area (Å²) in [5.41, 5.74) is 0.602. The van der Waals surface area contributed by atoms with Crippen LogP contribution in [0.25, 0.3) is 11.0 Å². The molecule has 1 N–H and O–H groups in total. The predicted octanol–water partition coefficient (Wildman–Crippen LogP) is 2.87. The van der Waals surface area contributed by atoms with Crippen LogP contribution in [-0.2, 0) is 19.4 Å². The fourth-order valence-electron chi connectivity index (χ4n) is 2.74. The summed E-state index contributed by atoms with van der Waals surface area (Å²) in [6, 6.07) is 14.6. The first kappa shape index (κ1) is 19.6. The van der Waals surface area contributed by atoms with Crippen LogP contribution in [0.3, 0.4) is 0 Å². The number of hydrogen-bond donors (Lipinski definition) is 1. The van der Waals surface area contributed by atoms with Gasteiger partial charge in [0.15, 0.2) is 16.4 Å². The van der Waals surface area contributed by atoms with Gasteiger partial charge in [-0.1, -0.05) is 30.3 Å². The Balaban J connectivity index is 1.62. The number of esters is 1. The molecule has 1 heterocycles. The second-order valence-electron chi connectivity index (χ2n) is 6.32. The molecule has 8 heteroatoms. The summed E-state index contributed by atoms with van der Waals surface area (Å²) >= 11 is 0. The van der Waals surface area contributed by atoms with E-state index in [0.717, 1.165) is 11.6 Å². The molecule has 7 nitrogen and oxygen atoms in total. The van der Waals surface area contributed by atoms with Crippen LogP contribution in [0.5, 0.6) is 0 Å². The van der Waals surface area contributed by atoms with Gasteiger partial charge in [-0.3, -0.25) is 4.79 Å². The Morgan fingerprint density at radius 3 is 2.50 bits per heavy atom. The van der Waals surface area contributed by atoms with Crippen molar-refractivity contribution in [1.82, 2.24) is 5.32 Å². The lowest BCUT2D eigenvalue weighted by atomic mass is 10.2. The van der Waals surface area contributed by atoms with Crippen molar-refractivity contribution in [3.8, 4) is 0 Å². The topological polar surface area (TPSA) is 103 Å². The van der Waals surface area contributed by atoms with Crippen LogP contribution in [0.2, 0.25) is 0 Å². The van der Waals surface area contributed by atoms with E-state index < -0.39 is 34.4 Å². The molecule has 0 aliphatic heterocycles. The second-order valence-corrected chi connectivity index (χ2v) is 8.30. The lowest BCUT2D eigenvalue weighted by Gasteiger charge is -2.12. The lowest BCUT2D eigenvalue weighted by molar-refractivity contribution is -0.125. The number of hydrogen-bond acceptors (Lipinski definition) is 6. The van der Waals surface area contributed by atoms with Gasteiger partial charge in [0, 0.05) is 11.6 Å². The van der Waals surface area contributed by atoms with Gasteiger partial charge < -0.3 is 14.5 Å². The van der Waals surface area contributed by atoms with Crippen LogP contribution >= 0.6 is 0 Å². The monoisotopic (exact) mass is 401 g/mol. The van der Waals surface area contributed by atoms with Gasteiger partial charge in [0.1, 0.15) is 11.3 Å². The van der Waals surface area contributed by atoms with E-state index in [1.807, 2.05) is 30.3 Å². The fourth-order valence-corrected chi connectivity index (χ4v) is 3.61. The van der Waals surface area contributed by atoms with Gasteiger partial charge in [0.2, 0.25) is 0 Å². The molecule has 0 aliphatic rings. The van der Waals surface area contributed by atoms with Crippen molar-refractivity contribution >= 4 is 32.7 Å². The summed E-state index contributed by atoms with van der Waals surface area (Å²) in [6.45, 7) is 1.21. The summed E-state index contributed by atoms with van der Waals surface area (Å²) in [7, 11) is -3.60. The maximum Gasteiger partial charge on any atom is 0.339 e. The first-order chi connectivity index (χ1) is 13.3. The lowest BCUT2D eigenvalue weighted by Crippen LogP contribution is -2.31. The number of fused-ring (bicyclic) bond motifs is 1. The highest BCUT2D eigenvalue weighted by Gasteiger charge is 2.21. The number of carbonyl (C=O) groups excluding carboxylic acids is 2. The van der Waals surface area contributed by atoms with E-state index in [9.17, 15) is 18.0 Å². The highest BCUT2D eigenvalue weighted by Crippen LogP contribution is 2.23. The molecule has 2 aromatic carbocycles. The van der Waals surface area contributed by atoms with E-state index in [1.54, 1.807) is 6.92 Å². The minimum atomic E-state index is -3.60. The quantitative estimate of drug-likeness (QED) is 0.637. The number of carbonyl (C=O) groups is 2. The molecule has 0 saturated carbocycles. The number of nitrogens with one attached hydrogen (secondary N) is 1. The molecule has 28 heavy (non-hydrogen) atoms. The Hall–Kier alpha value is -3.13. The Bertz CT molecular complexity index is 1100. The van der Waals surface area contributed by atoms with E-state index >= 15 is 0 Å². The third kappa shape index (κ3) is 4.40. The van der Waals surface area contributed by atoms with Gasteiger partial charge in [-0.15, -0.1) is 0 Å². The molecule has 0 unspecified atom stereocenters. The zero-order valence-electron chi connectivity index (χ0n) is 15.3. The molecule has 1 aromatic heterocycles. The van der Waals surface area contributed by atoms with Crippen molar-refractivity contribution in [3.05, 3.63) is 65.9 Å². The maximum absolute atomic E-state index is 12.2. The summed E-state index contributed by atoms with van der Waals surface area (Å²) in [4.78, 5) is 24.2. The maximum atomic E-state index is 12.2. The van der Waals surface area contributed by atoms with Gasteiger partial charge in [-0.05, 0) is 31.2 Å². The predicted molar refractivity (Wildman–Crippen MR) is 103 cm³/mol. The standard InChI is InChI=1S/C20H19NO6S/c1-13(17-11-14-7-3-5-9-16(14)27-17)21-19(22)12-26-20(23)15-8-4-6-10-18(15)28(2,24)25/h3-11,13H,12H2,1-2H3,(H,21,22)/t13-/m0/s1. The summed E-state index contributed by atoms with van der Waals surface area (Å²) in [6.07, 6.45) is 1.00. The van der Waals surface area contributed by atoms with Crippen LogP contribution < -0.4 is 5.32 Å². The number of para-hydroxylation sites is 1. The average Bonchev–Trinajstić information content (AvgIpc) is 3.10. The molecular formula is C20H19NO6S. The average molecular weight is 401 g/mol. The first-order valence-electron chi connectivity index (χ1n) is 8.50. The van der Waals surface area contributed by atoms with Crippen molar-refractivity contribution in [2.75, 3.05) is 12.9 Å². The van der Waals surface area contributed by atoms with Gasteiger partial charge in [-0.25, -0.2) is 13.2 Å². The van der Waals surface area contributed by atoms with Crippen LogP contribution in [0, 0.1) is 0 Å². The van der Waals surface area contributed by atoms with Gasteiger partial charge in [-0.2, -0.15) is 0 Å². The van der Waals surface area contributed by atoms with Crippen LogP contribution in [0.1, 0.15) is 29.1 Å². The van der Waals surface area contributed by atoms with E-state index in [2.05, 4.69) is 5.32 Å². The second kappa shape index (κ2) is 7.85. The number of furan rings is 1. The molecule has 0 saturated heterocycles. The number of ether oxygens (including phenoxy) is 1. The van der Waals surface area contributed by atoms with Gasteiger partial charge in [0.05, 0.1) is 16.5 Å². The highest BCUT2D eigenvalue weighted by atomic mass is 32.2. The van der Waals surface area contributed by atoms with Crippen molar-refractivity contribution in [2.45, 2.75) is 17.9 Å². The van der Waals surface area contributed by atoms with E-state index in [-0.39, 0.29) is 10.5 Å². The molecule has 0 aliphatic carbocycles. The Morgan fingerprint density at radius 1 is 1.11 bits per heavy atom. The molecule has 0 fully saturated rings.